The van der Waals surface area contributed by atoms with Gasteiger partial charge in [-0.2, -0.15) is 0 Å². The van der Waals surface area contributed by atoms with Crippen molar-refractivity contribution in [2.75, 3.05) is 26.1 Å². The number of rotatable bonds is 8. The van der Waals surface area contributed by atoms with Gasteiger partial charge in [0, 0.05) is 16.6 Å². The number of nitrogens with one attached hydrogen (secondary N) is 1. The van der Waals surface area contributed by atoms with Crippen molar-refractivity contribution in [2.24, 2.45) is 0 Å². The summed E-state index contributed by atoms with van der Waals surface area (Å²) in [6.07, 6.45) is 1.94. The number of anilines is 1. The highest BCUT2D eigenvalue weighted by atomic mass is 32.1. The minimum absolute atomic E-state index is 0.354. The SMILES string of the molecule is CCCc1cc(C(=O)OCC(=O)Nc2ccc(OC)c(OC)c2)sc1C. The second kappa shape index (κ2) is 9.24. The van der Waals surface area contributed by atoms with E-state index in [1.165, 1.54) is 25.6 Å². The Balaban J connectivity index is 1.92. The van der Waals surface area contributed by atoms with Gasteiger partial charge in [0.15, 0.2) is 18.1 Å². The zero-order valence-electron chi connectivity index (χ0n) is 15.4. The fourth-order valence-electron chi connectivity index (χ4n) is 2.45. The zero-order chi connectivity index (χ0) is 19.1. The molecule has 0 bridgehead atoms. The lowest BCUT2D eigenvalue weighted by Gasteiger charge is -2.10. The lowest BCUT2D eigenvalue weighted by atomic mass is 10.1. The van der Waals surface area contributed by atoms with Gasteiger partial charge in [-0.1, -0.05) is 13.3 Å². The maximum Gasteiger partial charge on any atom is 0.348 e. The van der Waals surface area contributed by atoms with Crippen LogP contribution in [0.4, 0.5) is 5.69 Å². The maximum atomic E-state index is 12.1. The number of methoxy groups -OCH3 is 2. The number of thiophene rings is 1. The van der Waals surface area contributed by atoms with E-state index in [2.05, 4.69) is 12.2 Å². The minimum Gasteiger partial charge on any atom is -0.493 e. The van der Waals surface area contributed by atoms with Crippen LogP contribution in [0.2, 0.25) is 0 Å². The average Bonchev–Trinajstić information content (AvgIpc) is 3.00. The summed E-state index contributed by atoms with van der Waals surface area (Å²) in [5.41, 5.74) is 1.68. The maximum absolute atomic E-state index is 12.1. The molecule has 1 N–H and O–H groups in total. The highest BCUT2D eigenvalue weighted by molar-refractivity contribution is 7.14. The molecule has 0 fully saturated rings. The average molecular weight is 377 g/mol. The Morgan fingerprint density at radius 1 is 1.12 bits per heavy atom. The van der Waals surface area contributed by atoms with E-state index in [4.69, 9.17) is 14.2 Å². The number of hydrogen-bond donors (Lipinski definition) is 1. The van der Waals surface area contributed by atoms with Gasteiger partial charge in [0.2, 0.25) is 0 Å². The Labute approximate surface area is 157 Å². The summed E-state index contributed by atoms with van der Waals surface area (Å²) in [5, 5.41) is 2.66. The fraction of sp³-hybridized carbons (Fsp3) is 0.368. The number of esters is 1. The van der Waals surface area contributed by atoms with Crippen LogP contribution < -0.4 is 14.8 Å². The molecule has 0 radical (unpaired) electrons. The van der Waals surface area contributed by atoms with E-state index >= 15 is 0 Å². The first-order valence-electron chi connectivity index (χ1n) is 8.26. The van der Waals surface area contributed by atoms with Gasteiger partial charge in [0.1, 0.15) is 4.88 Å². The van der Waals surface area contributed by atoms with Crippen LogP contribution in [0.25, 0.3) is 0 Å². The number of amides is 1. The van der Waals surface area contributed by atoms with Gasteiger partial charge >= 0.3 is 5.97 Å². The Morgan fingerprint density at radius 3 is 2.50 bits per heavy atom. The topological polar surface area (TPSA) is 73.9 Å². The highest BCUT2D eigenvalue weighted by Gasteiger charge is 2.15. The van der Waals surface area contributed by atoms with Crippen LogP contribution in [0.3, 0.4) is 0 Å². The molecule has 6 nitrogen and oxygen atoms in total. The molecule has 2 rings (SSSR count). The van der Waals surface area contributed by atoms with Gasteiger partial charge in [-0.25, -0.2) is 4.79 Å². The van der Waals surface area contributed by atoms with Gasteiger partial charge < -0.3 is 19.5 Å². The second-order valence-electron chi connectivity index (χ2n) is 5.64. The lowest BCUT2D eigenvalue weighted by Crippen LogP contribution is -2.20. The van der Waals surface area contributed by atoms with E-state index < -0.39 is 11.9 Å². The number of carbonyl (C=O) groups excluding carboxylic acids is 2. The van der Waals surface area contributed by atoms with Crippen LogP contribution in [0.1, 0.15) is 33.5 Å². The molecule has 1 heterocycles. The molecule has 26 heavy (non-hydrogen) atoms. The summed E-state index contributed by atoms with van der Waals surface area (Å²) >= 11 is 1.39. The third kappa shape index (κ3) is 4.98. The summed E-state index contributed by atoms with van der Waals surface area (Å²) in [5.74, 6) is 0.156. The van der Waals surface area contributed by atoms with E-state index in [1.807, 2.05) is 13.0 Å². The van der Waals surface area contributed by atoms with Gasteiger partial charge in [-0.15, -0.1) is 11.3 Å². The molecule has 0 aliphatic rings. The van der Waals surface area contributed by atoms with Crippen LogP contribution in [0, 0.1) is 6.92 Å². The number of hydrogen-bond acceptors (Lipinski definition) is 6. The van der Waals surface area contributed by atoms with E-state index in [9.17, 15) is 9.59 Å². The van der Waals surface area contributed by atoms with Crippen molar-refractivity contribution in [1.29, 1.82) is 0 Å². The Bertz CT molecular complexity index is 784. The lowest BCUT2D eigenvalue weighted by molar-refractivity contribution is -0.119. The number of aryl methyl sites for hydroxylation is 2. The van der Waals surface area contributed by atoms with E-state index in [0.29, 0.717) is 22.1 Å². The molecular weight excluding hydrogens is 354 g/mol. The summed E-state index contributed by atoms with van der Waals surface area (Å²) in [6.45, 7) is 3.72. The van der Waals surface area contributed by atoms with Gasteiger partial charge in [-0.3, -0.25) is 4.79 Å². The molecule has 0 saturated heterocycles. The van der Waals surface area contributed by atoms with Gasteiger partial charge in [-0.05, 0) is 37.1 Å². The smallest absolute Gasteiger partial charge is 0.348 e. The third-order valence-electron chi connectivity index (χ3n) is 3.74. The van der Waals surface area contributed by atoms with Crippen molar-refractivity contribution in [2.45, 2.75) is 26.7 Å². The van der Waals surface area contributed by atoms with Crippen LogP contribution in [-0.2, 0) is 16.0 Å². The zero-order valence-corrected chi connectivity index (χ0v) is 16.2. The van der Waals surface area contributed by atoms with Crippen molar-refractivity contribution in [3.8, 4) is 11.5 Å². The first kappa shape index (κ1) is 19.8. The normalized spacial score (nSPS) is 10.3. The molecule has 0 saturated carbocycles. The van der Waals surface area contributed by atoms with Crippen molar-refractivity contribution >= 4 is 28.9 Å². The predicted octanol–water partition coefficient (Wildman–Crippen LogP) is 3.82. The second-order valence-corrected chi connectivity index (χ2v) is 6.89. The van der Waals surface area contributed by atoms with E-state index in [0.717, 1.165) is 23.3 Å². The van der Waals surface area contributed by atoms with Crippen LogP contribution in [0.15, 0.2) is 24.3 Å². The van der Waals surface area contributed by atoms with Gasteiger partial charge in [0.05, 0.1) is 14.2 Å². The summed E-state index contributed by atoms with van der Waals surface area (Å²) in [6, 6.07) is 6.85. The summed E-state index contributed by atoms with van der Waals surface area (Å²) in [4.78, 5) is 25.8. The van der Waals surface area contributed by atoms with E-state index in [-0.39, 0.29) is 6.61 Å². The Hall–Kier alpha value is -2.54. The van der Waals surface area contributed by atoms with Crippen molar-refractivity contribution in [1.82, 2.24) is 0 Å². The molecule has 1 aromatic heterocycles. The highest BCUT2D eigenvalue weighted by Crippen LogP contribution is 2.29. The molecular formula is C19H23NO5S. The van der Waals surface area contributed by atoms with Crippen LogP contribution in [0.5, 0.6) is 11.5 Å². The molecule has 0 spiro atoms. The molecule has 0 aliphatic heterocycles. The molecule has 1 amide bonds. The predicted molar refractivity (Wildman–Crippen MR) is 102 cm³/mol. The number of ether oxygens (including phenoxy) is 3. The quantitative estimate of drug-likeness (QED) is 0.708. The Kier molecular flexibility index (Phi) is 7.03. The number of benzene rings is 1. The summed E-state index contributed by atoms with van der Waals surface area (Å²) in [7, 11) is 3.05. The van der Waals surface area contributed by atoms with Crippen LogP contribution in [-0.4, -0.2) is 32.7 Å². The minimum atomic E-state index is -0.483. The first-order valence-corrected chi connectivity index (χ1v) is 9.08. The van der Waals surface area contributed by atoms with Crippen molar-refractivity contribution in [3.05, 3.63) is 39.6 Å². The third-order valence-corrected chi connectivity index (χ3v) is 4.82. The standard InChI is InChI=1S/C19H23NO5S/c1-5-6-13-9-17(26-12(13)2)19(22)25-11-18(21)20-14-7-8-15(23-3)16(10-14)24-4/h7-10H,5-6,11H2,1-4H3,(H,20,21). The van der Waals surface area contributed by atoms with Crippen LogP contribution >= 0.6 is 11.3 Å². The largest absolute Gasteiger partial charge is 0.493 e. The molecule has 140 valence electrons. The van der Waals surface area contributed by atoms with Gasteiger partial charge in [0.25, 0.3) is 5.91 Å². The molecule has 7 heteroatoms. The fourth-order valence-corrected chi connectivity index (χ4v) is 3.42. The molecule has 1 aromatic carbocycles. The van der Waals surface area contributed by atoms with Crippen molar-refractivity contribution in [3.63, 3.8) is 0 Å². The summed E-state index contributed by atoms with van der Waals surface area (Å²) < 4.78 is 15.4. The van der Waals surface area contributed by atoms with E-state index in [1.54, 1.807) is 18.2 Å². The monoisotopic (exact) mass is 377 g/mol. The molecule has 0 unspecified atom stereocenters. The van der Waals surface area contributed by atoms with Crippen molar-refractivity contribution < 1.29 is 23.8 Å². The number of carbonyl (C=O) groups is 2. The molecule has 0 aliphatic carbocycles. The molecule has 2 aromatic rings. The first-order chi connectivity index (χ1) is 12.5. The Morgan fingerprint density at radius 2 is 1.85 bits per heavy atom. The molecule has 0 atom stereocenters.